The van der Waals surface area contributed by atoms with Crippen LogP contribution in [-0.4, -0.2) is 7.05 Å². The van der Waals surface area contributed by atoms with Crippen molar-refractivity contribution in [2.75, 3.05) is 12.4 Å². The first-order chi connectivity index (χ1) is 5.16. The van der Waals surface area contributed by atoms with Gasteiger partial charge in [0.15, 0.2) is 11.6 Å². The van der Waals surface area contributed by atoms with Crippen LogP contribution in [0.3, 0.4) is 0 Å². The van der Waals surface area contributed by atoms with Crippen LogP contribution in [0.15, 0.2) is 16.6 Å². The van der Waals surface area contributed by atoms with E-state index in [-0.39, 0.29) is 4.47 Å². The van der Waals surface area contributed by atoms with E-state index < -0.39 is 11.6 Å². The number of rotatable bonds is 1. The average molecular weight is 222 g/mol. The number of halogens is 3. The third kappa shape index (κ3) is 1.50. The molecular formula is C7H6BrF2N. The van der Waals surface area contributed by atoms with E-state index in [1.54, 1.807) is 7.05 Å². The van der Waals surface area contributed by atoms with Gasteiger partial charge in [0.1, 0.15) is 0 Å². The lowest BCUT2D eigenvalue weighted by molar-refractivity contribution is 0.505. The Hall–Kier alpha value is -0.640. The summed E-state index contributed by atoms with van der Waals surface area (Å²) in [7, 11) is 1.64. The first kappa shape index (κ1) is 8.46. The summed E-state index contributed by atoms with van der Waals surface area (Å²) in [4.78, 5) is 0. The van der Waals surface area contributed by atoms with Gasteiger partial charge < -0.3 is 5.32 Å². The molecule has 0 unspecified atom stereocenters. The van der Waals surface area contributed by atoms with E-state index in [0.717, 1.165) is 6.07 Å². The molecule has 1 aromatic carbocycles. The first-order valence-corrected chi connectivity index (χ1v) is 3.77. The van der Waals surface area contributed by atoms with Crippen LogP contribution >= 0.6 is 15.9 Å². The van der Waals surface area contributed by atoms with E-state index in [1.165, 1.54) is 6.07 Å². The summed E-state index contributed by atoms with van der Waals surface area (Å²) in [5, 5.41) is 2.71. The van der Waals surface area contributed by atoms with Crippen LogP contribution in [0.25, 0.3) is 0 Å². The minimum Gasteiger partial charge on any atom is -0.387 e. The molecule has 0 aliphatic heterocycles. The molecular weight excluding hydrogens is 216 g/mol. The average Bonchev–Trinajstić information content (AvgIpc) is 2.01. The lowest BCUT2D eigenvalue weighted by atomic mass is 10.3. The van der Waals surface area contributed by atoms with E-state index in [2.05, 4.69) is 21.2 Å². The molecule has 0 atom stereocenters. The van der Waals surface area contributed by atoms with Crippen molar-refractivity contribution in [1.29, 1.82) is 0 Å². The van der Waals surface area contributed by atoms with Crippen molar-refractivity contribution >= 4 is 21.6 Å². The van der Waals surface area contributed by atoms with E-state index >= 15 is 0 Å². The van der Waals surface area contributed by atoms with Crippen molar-refractivity contribution in [2.45, 2.75) is 0 Å². The van der Waals surface area contributed by atoms with Crippen LogP contribution < -0.4 is 5.32 Å². The maximum Gasteiger partial charge on any atom is 0.175 e. The van der Waals surface area contributed by atoms with E-state index in [1.807, 2.05) is 0 Å². The zero-order valence-corrected chi connectivity index (χ0v) is 7.37. The van der Waals surface area contributed by atoms with Gasteiger partial charge in [-0.2, -0.15) is 0 Å². The molecule has 0 radical (unpaired) electrons. The second-order valence-electron chi connectivity index (χ2n) is 1.97. The molecule has 0 amide bonds. The summed E-state index contributed by atoms with van der Waals surface area (Å²) in [6, 6.07) is 2.54. The van der Waals surface area contributed by atoms with Crippen molar-refractivity contribution in [3.63, 3.8) is 0 Å². The van der Waals surface area contributed by atoms with Gasteiger partial charge in [0.2, 0.25) is 0 Å². The largest absolute Gasteiger partial charge is 0.387 e. The fraction of sp³-hybridized carbons (Fsp3) is 0.143. The molecule has 0 aliphatic rings. The molecule has 11 heavy (non-hydrogen) atoms. The second kappa shape index (κ2) is 3.17. The highest BCUT2D eigenvalue weighted by atomic mass is 79.9. The van der Waals surface area contributed by atoms with Gasteiger partial charge >= 0.3 is 0 Å². The van der Waals surface area contributed by atoms with E-state index in [4.69, 9.17) is 0 Å². The number of benzene rings is 1. The van der Waals surface area contributed by atoms with Crippen LogP contribution in [-0.2, 0) is 0 Å². The van der Waals surface area contributed by atoms with Crippen molar-refractivity contribution in [2.24, 2.45) is 0 Å². The van der Waals surface area contributed by atoms with Crippen LogP contribution in [0, 0.1) is 11.6 Å². The quantitative estimate of drug-likeness (QED) is 0.720. The Morgan fingerprint density at radius 2 is 2.00 bits per heavy atom. The third-order valence-electron chi connectivity index (χ3n) is 1.30. The highest BCUT2D eigenvalue weighted by molar-refractivity contribution is 9.10. The molecule has 1 nitrogen and oxygen atoms in total. The smallest absolute Gasteiger partial charge is 0.175 e. The van der Waals surface area contributed by atoms with E-state index in [0.29, 0.717) is 5.69 Å². The highest BCUT2D eigenvalue weighted by Gasteiger charge is 2.08. The summed E-state index contributed by atoms with van der Waals surface area (Å²) in [6.45, 7) is 0. The fourth-order valence-corrected chi connectivity index (χ4v) is 1.24. The predicted octanol–water partition coefficient (Wildman–Crippen LogP) is 2.77. The first-order valence-electron chi connectivity index (χ1n) is 2.98. The van der Waals surface area contributed by atoms with Crippen LogP contribution in [0.1, 0.15) is 0 Å². The summed E-state index contributed by atoms with van der Waals surface area (Å²) in [5.41, 5.74) is 0.531. The monoisotopic (exact) mass is 221 g/mol. The Balaban J connectivity index is 3.25. The van der Waals surface area contributed by atoms with Gasteiger partial charge in [-0.25, -0.2) is 8.78 Å². The number of anilines is 1. The van der Waals surface area contributed by atoms with Gasteiger partial charge in [0.25, 0.3) is 0 Å². The summed E-state index contributed by atoms with van der Waals surface area (Å²) < 4.78 is 25.3. The molecule has 0 aromatic heterocycles. The van der Waals surface area contributed by atoms with Gasteiger partial charge in [0, 0.05) is 7.05 Å². The van der Waals surface area contributed by atoms with Crippen molar-refractivity contribution in [1.82, 2.24) is 0 Å². The topological polar surface area (TPSA) is 12.0 Å². The van der Waals surface area contributed by atoms with Crippen molar-refractivity contribution in [3.8, 4) is 0 Å². The number of nitrogens with one attached hydrogen (secondary N) is 1. The lowest BCUT2D eigenvalue weighted by Gasteiger charge is -2.03. The molecule has 0 spiro atoms. The molecule has 0 fully saturated rings. The fourth-order valence-electron chi connectivity index (χ4n) is 0.719. The van der Waals surface area contributed by atoms with Crippen molar-refractivity contribution in [3.05, 3.63) is 28.2 Å². The maximum absolute atomic E-state index is 12.7. The molecule has 60 valence electrons. The molecule has 4 heteroatoms. The molecule has 0 saturated heterocycles. The van der Waals surface area contributed by atoms with Gasteiger partial charge in [-0.3, -0.25) is 0 Å². The Kier molecular flexibility index (Phi) is 2.44. The Bertz CT molecular complexity index is 275. The third-order valence-corrected chi connectivity index (χ3v) is 2.08. The molecule has 0 heterocycles. The number of hydrogen-bond acceptors (Lipinski definition) is 1. The molecule has 1 rings (SSSR count). The predicted molar refractivity (Wildman–Crippen MR) is 43.6 cm³/mol. The molecule has 0 bridgehead atoms. The molecule has 1 N–H and O–H groups in total. The van der Waals surface area contributed by atoms with Gasteiger partial charge in [-0.05, 0) is 28.1 Å². The lowest BCUT2D eigenvalue weighted by Crippen LogP contribution is -1.93. The van der Waals surface area contributed by atoms with E-state index in [9.17, 15) is 8.78 Å². The number of hydrogen-bond donors (Lipinski definition) is 1. The summed E-state index contributed by atoms with van der Waals surface area (Å²) in [5.74, 6) is -1.72. The van der Waals surface area contributed by atoms with Crippen molar-refractivity contribution < 1.29 is 8.78 Å². The molecule has 1 aromatic rings. The van der Waals surface area contributed by atoms with Crippen LogP contribution in [0.2, 0.25) is 0 Å². The summed E-state index contributed by atoms with van der Waals surface area (Å²) in [6.07, 6.45) is 0. The van der Waals surface area contributed by atoms with Gasteiger partial charge in [-0.15, -0.1) is 0 Å². The zero-order valence-electron chi connectivity index (χ0n) is 5.79. The van der Waals surface area contributed by atoms with Gasteiger partial charge in [0.05, 0.1) is 10.2 Å². The Labute approximate surface area is 71.5 Å². The minimum absolute atomic E-state index is 0.125. The second-order valence-corrected chi connectivity index (χ2v) is 2.77. The minimum atomic E-state index is -0.864. The Morgan fingerprint density at radius 1 is 1.36 bits per heavy atom. The SMILES string of the molecule is CNc1ccc(F)c(F)c1Br. The summed E-state index contributed by atoms with van der Waals surface area (Å²) >= 11 is 2.91. The Morgan fingerprint density at radius 3 is 2.55 bits per heavy atom. The molecule has 0 aliphatic carbocycles. The van der Waals surface area contributed by atoms with Crippen LogP contribution in [0.4, 0.5) is 14.5 Å². The zero-order chi connectivity index (χ0) is 8.43. The standard InChI is InChI=1S/C7H6BrF2N/c1-11-5-3-2-4(9)7(10)6(5)8/h2-3,11H,1H3. The maximum atomic E-state index is 12.7. The van der Waals surface area contributed by atoms with Crippen LogP contribution in [0.5, 0.6) is 0 Å². The van der Waals surface area contributed by atoms with Gasteiger partial charge in [-0.1, -0.05) is 0 Å². The highest BCUT2D eigenvalue weighted by Crippen LogP contribution is 2.26. The normalized spacial score (nSPS) is 9.82. The molecule has 0 saturated carbocycles.